The molecule has 0 radical (unpaired) electrons. The first kappa shape index (κ1) is 24.5. The van der Waals surface area contributed by atoms with Crippen LogP contribution < -0.4 is 15.4 Å². The van der Waals surface area contributed by atoms with Crippen LogP contribution in [-0.4, -0.2) is 20.6 Å². The number of aromatic nitrogens is 3. The molecule has 9 heteroatoms. The van der Waals surface area contributed by atoms with E-state index in [2.05, 4.69) is 44.7 Å². The molecule has 0 fully saturated rings. The Morgan fingerprint density at radius 3 is 2.63 bits per heavy atom. The zero-order chi connectivity index (χ0) is 25.9. The van der Waals surface area contributed by atoms with Gasteiger partial charge in [-0.15, -0.1) is 0 Å². The van der Waals surface area contributed by atoms with Crippen LogP contribution in [0.1, 0.15) is 17.7 Å². The number of hydrogen-bond acceptors (Lipinski definition) is 9. The Morgan fingerprint density at radius 2 is 1.82 bits per heavy atom. The summed E-state index contributed by atoms with van der Waals surface area (Å²) in [4.78, 5) is 13.2. The zero-order valence-corrected chi connectivity index (χ0v) is 22.3. The molecule has 0 saturated carbocycles. The van der Waals surface area contributed by atoms with Gasteiger partial charge in [0.2, 0.25) is 0 Å². The van der Waals surface area contributed by atoms with E-state index in [9.17, 15) is 0 Å². The third-order valence-electron chi connectivity index (χ3n) is 6.16. The molecule has 5 aromatic rings. The molecule has 2 aromatic carbocycles. The molecule has 7 nitrogen and oxygen atoms in total. The summed E-state index contributed by atoms with van der Waals surface area (Å²) in [5.74, 6) is 2.06. The number of anilines is 1. The van der Waals surface area contributed by atoms with Crippen molar-refractivity contribution in [3.8, 4) is 11.5 Å². The lowest BCUT2D eigenvalue weighted by atomic mass is 10.1. The molecule has 4 heterocycles. The fourth-order valence-electron chi connectivity index (χ4n) is 4.33. The van der Waals surface area contributed by atoms with E-state index < -0.39 is 0 Å². The lowest BCUT2D eigenvalue weighted by Crippen LogP contribution is -2.36. The van der Waals surface area contributed by atoms with Gasteiger partial charge >= 0.3 is 0 Å². The van der Waals surface area contributed by atoms with Gasteiger partial charge in [-0.25, -0.2) is 9.97 Å². The predicted molar refractivity (Wildman–Crippen MR) is 152 cm³/mol. The standard InChI is InChI=1S/C29H25N5O2S2/c1-19-26-25(14-15-31-28(26)36-33-19)38-23-16-24(35-22-10-6-3-7-11-22)27(32-17-23)34-21(18-37-29(34)30)13-12-20-8-4-2-5-9-20/h2-11,14-18,29H,12-13,30H2,1H3. The van der Waals surface area contributed by atoms with Gasteiger partial charge in [-0.05, 0) is 48.9 Å². The molecule has 0 aliphatic carbocycles. The minimum absolute atomic E-state index is 0.288. The van der Waals surface area contributed by atoms with Crippen molar-refractivity contribution >= 4 is 40.4 Å². The number of rotatable bonds is 8. The predicted octanol–water partition coefficient (Wildman–Crippen LogP) is 7.14. The first-order chi connectivity index (χ1) is 18.7. The van der Waals surface area contributed by atoms with Crippen molar-refractivity contribution in [1.82, 2.24) is 15.1 Å². The minimum Gasteiger partial charge on any atom is -0.453 e. The van der Waals surface area contributed by atoms with Gasteiger partial charge in [-0.2, -0.15) is 0 Å². The van der Waals surface area contributed by atoms with Crippen LogP contribution in [0.4, 0.5) is 5.82 Å². The van der Waals surface area contributed by atoms with Crippen molar-refractivity contribution in [1.29, 1.82) is 0 Å². The van der Waals surface area contributed by atoms with E-state index in [4.69, 9.17) is 20.0 Å². The SMILES string of the molecule is Cc1noc2nccc(Sc3cnc(N4C(CCc5ccccc5)=CSC4N)c(Oc4ccccc4)c3)c12. The molecule has 1 unspecified atom stereocenters. The number of fused-ring (bicyclic) bond motifs is 1. The zero-order valence-electron chi connectivity index (χ0n) is 20.7. The van der Waals surface area contributed by atoms with Crippen molar-refractivity contribution in [3.63, 3.8) is 0 Å². The summed E-state index contributed by atoms with van der Waals surface area (Å²) in [5, 5.41) is 7.10. The minimum atomic E-state index is -0.288. The van der Waals surface area contributed by atoms with E-state index in [0.29, 0.717) is 17.3 Å². The Labute approximate surface area is 229 Å². The van der Waals surface area contributed by atoms with Crippen LogP contribution in [0.5, 0.6) is 11.5 Å². The number of pyridine rings is 2. The molecule has 0 bridgehead atoms. The Bertz CT molecular complexity index is 1590. The molecule has 6 rings (SSSR count). The molecule has 190 valence electrons. The molecule has 0 spiro atoms. The summed E-state index contributed by atoms with van der Waals surface area (Å²) in [7, 11) is 0. The second-order valence-corrected chi connectivity index (χ2v) is 10.9. The monoisotopic (exact) mass is 539 g/mol. The maximum Gasteiger partial charge on any atom is 0.259 e. The molecule has 1 aliphatic heterocycles. The molecule has 0 amide bonds. The summed E-state index contributed by atoms with van der Waals surface area (Å²) in [6.45, 7) is 1.92. The van der Waals surface area contributed by atoms with Gasteiger partial charge in [0, 0.05) is 33.9 Å². The molecule has 3 aromatic heterocycles. The maximum absolute atomic E-state index is 6.57. The molecule has 38 heavy (non-hydrogen) atoms. The second-order valence-electron chi connectivity index (χ2n) is 8.76. The quantitative estimate of drug-likeness (QED) is 0.221. The summed E-state index contributed by atoms with van der Waals surface area (Å²) >= 11 is 3.15. The van der Waals surface area contributed by atoms with Gasteiger partial charge in [-0.3, -0.25) is 0 Å². The smallest absolute Gasteiger partial charge is 0.259 e. The van der Waals surface area contributed by atoms with Gasteiger partial charge in [0.15, 0.2) is 11.6 Å². The Kier molecular flexibility index (Phi) is 7.04. The number of thioether (sulfide) groups is 1. The average Bonchev–Trinajstić information content (AvgIpc) is 3.51. The summed E-state index contributed by atoms with van der Waals surface area (Å²) in [6.07, 6.45) is 5.34. The molecular formula is C29H25N5O2S2. The van der Waals surface area contributed by atoms with Crippen molar-refractivity contribution in [2.75, 3.05) is 4.90 Å². The van der Waals surface area contributed by atoms with Crippen LogP contribution >= 0.6 is 23.5 Å². The normalized spacial score (nSPS) is 15.2. The fourth-order valence-corrected chi connectivity index (χ4v) is 6.20. The highest BCUT2D eigenvalue weighted by Gasteiger charge is 2.29. The third kappa shape index (κ3) is 5.13. The maximum atomic E-state index is 6.57. The van der Waals surface area contributed by atoms with E-state index in [1.807, 2.05) is 61.7 Å². The number of nitrogens with zero attached hydrogens (tertiary/aromatic N) is 4. The van der Waals surface area contributed by atoms with E-state index >= 15 is 0 Å². The highest BCUT2D eigenvalue weighted by atomic mass is 32.2. The molecule has 1 aliphatic rings. The second kappa shape index (κ2) is 10.9. The molecule has 2 N–H and O–H groups in total. The van der Waals surface area contributed by atoms with Gasteiger partial charge in [0.25, 0.3) is 5.71 Å². The van der Waals surface area contributed by atoms with Crippen LogP contribution in [0.15, 0.2) is 111 Å². The average molecular weight is 540 g/mol. The van der Waals surface area contributed by atoms with Gasteiger partial charge in [0.05, 0.1) is 11.1 Å². The Morgan fingerprint density at radius 1 is 1.03 bits per heavy atom. The van der Waals surface area contributed by atoms with Crippen molar-refractivity contribution < 1.29 is 9.26 Å². The third-order valence-corrected chi connectivity index (χ3v) is 8.08. The molecular weight excluding hydrogens is 514 g/mol. The number of aryl methyl sites for hydroxylation is 2. The first-order valence-electron chi connectivity index (χ1n) is 12.2. The van der Waals surface area contributed by atoms with Crippen LogP contribution in [-0.2, 0) is 6.42 Å². The Balaban J connectivity index is 1.34. The molecule has 1 atom stereocenters. The lowest BCUT2D eigenvalue weighted by molar-refractivity contribution is 0.443. The summed E-state index contributed by atoms with van der Waals surface area (Å²) in [6, 6.07) is 24.2. The van der Waals surface area contributed by atoms with Crippen molar-refractivity contribution in [2.24, 2.45) is 5.73 Å². The van der Waals surface area contributed by atoms with E-state index in [1.165, 1.54) is 5.56 Å². The van der Waals surface area contributed by atoms with Gasteiger partial charge < -0.3 is 19.9 Å². The van der Waals surface area contributed by atoms with Crippen LogP contribution in [0.2, 0.25) is 0 Å². The number of ether oxygens (including phenoxy) is 1. The number of nitrogens with two attached hydrogens (primary N) is 1. The summed E-state index contributed by atoms with van der Waals surface area (Å²) < 4.78 is 11.8. The lowest BCUT2D eigenvalue weighted by Gasteiger charge is -2.27. The van der Waals surface area contributed by atoms with Crippen molar-refractivity contribution in [3.05, 3.63) is 108 Å². The van der Waals surface area contributed by atoms with E-state index in [0.717, 1.165) is 45.2 Å². The molecule has 0 saturated heterocycles. The largest absolute Gasteiger partial charge is 0.453 e. The van der Waals surface area contributed by atoms with E-state index in [1.54, 1.807) is 29.7 Å². The topological polar surface area (TPSA) is 90.3 Å². The van der Waals surface area contributed by atoms with Gasteiger partial charge in [-0.1, -0.05) is 77.2 Å². The number of para-hydroxylation sites is 1. The highest BCUT2D eigenvalue weighted by molar-refractivity contribution is 8.03. The summed E-state index contributed by atoms with van der Waals surface area (Å²) in [5.41, 5.74) is 10.0. The number of hydrogen-bond donors (Lipinski definition) is 1. The highest BCUT2D eigenvalue weighted by Crippen LogP contribution is 2.43. The van der Waals surface area contributed by atoms with Crippen LogP contribution in [0, 0.1) is 6.92 Å². The number of benzene rings is 2. The first-order valence-corrected chi connectivity index (χ1v) is 14.0. The van der Waals surface area contributed by atoms with Crippen molar-refractivity contribution in [2.45, 2.75) is 35.1 Å². The van der Waals surface area contributed by atoms with Gasteiger partial charge in [0.1, 0.15) is 11.2 Å². The fraction of sp³-hybridized carbons (Fsp3) is 0.138. The van der Waals surface area contributed by atoms with Crippen LogP contribution in [0.25, 0.3) is 11.1 Å². The number of allylic oxidation sites excluding steroid dienone is 1. The van der Waals surface area contributed by atoms with Crippen LogP contribution in [0.3, 0.4) is 0 Å². The van der Waals surface area contributed by atoms with E-state index in [-0.39, 0.29) is 5.50 Å². The Hall–Kier alpha value is -3.79.